The summed E-state index contributed by atoms with van der Waals surface area (Å²) < 4.78 is 10.8. The van der Waals surface area contributed by atoms with E-state index in [2.05, 4.69) is 4.98 Å². The molecular formula is C21H23N3O5. The number of amides is 3. The maximum Gasteiger partial charge on any atom is 0.331 e. The highest BCUT2D eigenvalue weighted by Crippen LogP contribution is 2.15. The summed E-state index contributed by atoms with van der Waals surface area (Å²) in [5.74, 6) is -1.14. The van der Waals surface area contributed by atoms with Crippen molar-refractivity contribution in [3.8, 4) is 5.75 Å². The summed E-state index contributed by atoms with van der Waals surface area (Å²) in [5, 5.41) is 1.91. The van der Waals surface area contributed by atoms with Crippen molar-refractivity contribution in [1.82, 2.24) is 10.3 Å². The Hall–Kier alpha value is -3.68. The number of benzene rings is 1. The van der Waals surface area contributed by atoms with Crippen molar-refractivity contribution in [2.24, 2.45) is 11.7 Å². The fourth-order valence-corrected chi connectivity index (χ4v) is 2.33. The van der Waals surface area contributed by atoms with E-state index in [1.54, 1.807) is 50.4 Å². The predicted octanol–water partition coefficient (Wildman–Crippen LogP) is 2.44. The second-order valence-corrected chi connectivity index (χ2v) is 6.47. The monoisotopic (exact) mass is 397 g/mol. The third-order valence-corrected chi connectivity index (χ3v) is 3.76. The van der Waals surface area contributed by atoms with E-state index in [1.807, 2.05) is 23.5 Å². The SMILES string of the molecule is CC(C)C(OC(=O)/C=C/c1ccc(OCc2ccccn2)cc1)C(=O)NC(N)=O. The van der Waals surface area contributed by atoms with E-state index in [0.717, 1.165) is 11.3 Å². The topological polar surface area (TPSA) is 121 Å². The Bertz CT molecular complexity index is 864. The van der Waals surface area contributed by atoms with Crippen LogP contribution in [0.1, 0.15) is 25.1 Å². The summed E-state index contributed by atoms with van der Waals surface area (Å²) in [6.07, 6.45) is 3.33. The van der Waals surface area contributed by atoms with Crippen molar-refractivity contribution in [3.63, 3.8) is 0 Å². The second kappa shape index (κ2) is 10.6. The minimum Gasteiger partial charge on any atom is -0.487 e. The van der Waals surface area contributed by atoms with Crippen LogP contribution in [0.25, 0.3) is 6.08 Å². The second-order valence-electron chi connectivity index (χ2n) is 6.47. The van der Waals surface area contributed by atoms with Crippen molar-refractivity contribution in [3.05, 3.63) is 66.0 Å². The number of nitrogens with two attached hydrogens (primary N) is 1. The molecule has 1 heterocycles. The number of nitrogens with one attached hydrogen (secondary N) is 1. The number of primary amides is 1. The summed E-state index contributed by atoms with van der Waals surface area (Å²) in [5.41, 5.74) is 6.49. The number of carbonyl (C=O) groups excluding carboxylic acids is 3. The van der Waals surface area contributed by atoms with E-state index in [-0.39, 0.29) is 5.92 Å². The Labute approximate surface area is 168 Å². The minimum absolute atomic E-state index is 0.331. The van der Waals surface area contributed by atoms with Crippen LogP contribution in [0.5, 0.6) is 5.75 Å². The van der Waals surface area contributed by atoms with Gasteiger partial charge in [-0.25, -0.2) is 9.59 Å². The number of nitrogens with zero attached hydrogens (tertiary/aromatic N) is 1. The van der Waals surface area contributed by atoms with Crippen LogP contribution in [0.4, 0.5) is 4.79 Å². The van der Waals surface area contributed by atoms with Crippen LogP contribution in [0.3, 0.4) is 0 Å². The molecule has 1 unspecified atom stereocenters. The number of esters is 1. The molecule has 2 aromatic rings. The van der Waals surface area contributed by atoms with Gasteiger partial charge in [0.05, 0.1) is 5.69 Å². The highest BCUT2D eigenvalue weighted by atomic mass is 16.5. The van der Waals surface area contributed by atoms with Crippen molar-refractivity contribution < 1.29 is 23.9 Å². The lowest BCUT2D eigenvalue weighted by atomic mass is 10.1. The number of urea groups is 1. The molecule has 0 aliphatic carbocycles. The van der Waals surface area contributed by atoms with Gasteiger partial charge in [-0.05, 0) is 41.8 Å². The fraction of sp³-hybridized carbons (Fsp3) is 0.238. The number of ether oxygens (including phenoxy) is 2. The lowest BCUT2D eigenvalue weighted by molar-refractivity contribution is -0.153. The molecule has 0 spiro atoms. The number of pyridine rings is 1. The Kier molecular flexibility index (Phi) is 7.90. The smallest absolute Gasteiger partial charge is 0.331 e. The molecule has 0 aliphatic rings. The molecule has 29 heavy (non-hydrogen) atoms. The number of aromatic nitrogens is 1. The van der Waals surface area contributed by atoms with Gasteiger partial charge in [0.1, 0.15) is 12.4 Å². The van der Waals surface area contributed by atoms with E-state index in [0.29, 0.717) is 12.4 Å². The van der Waals surface area contributed by atoms with E-state index >= 15 is 0 Å². The van der Waals surface area contributed by atoms with Crippen LogP contribution in [-0.2, 0) is 20.9 Å². The van der Waals surface area contributed by atoms with Crippen molar-refractivity contribution in [2.45, 2.75) is 26.6 Å². The zero-order valence-corrected chi connectivity index (χ0v) is 16.2. The molecule has 152 valence electrons. The average molecular weight is 397 g/mol. The Balaban J connectivity index is 1.90. The maximum atomic E-state index is 12.0. The van der Waals surface area contributed by atoms with E-state index in [9.17, 15) is 14.4 Å². The Morgan fingerprint density at radius 3 is 2.45 bits per heavy atom. The highest BCUT2D eigenvalue weighted by molar-refractivity contribution is 5.97. The zero-order valence-electron chi connectivity index (χ0n) is 16.2. The summed E-state index contributed by atoms with van der Waals surface area (Å²) in [7, 11) is 0. The largest absolute Gasteiger partial charge is 0.487 e. The number of imide groups is 1. The molecule has 0 aliphatic heterocycles. The number of hydrogen-bond acceptors (Lipinski definition) is 6. The van der Waals surface area contributed by atoms with E-state index in [4.69, 9.17) is 15.2 Å². The quantitative estimate of drug-likeness (QED) is 0.521. The molecule has 8 nitrogen and oxygen atoms in total. The first-order chi connectivity index (χ1) is 13.8. The minimum atomic E-state index is -1.12. The van der Waals surface area contributed by atoms with Gasteiger partial charge in [-0.1, -0.05) is 32.0 Å². The molecule has 3 amide bonds. The number of hydrogen-bond donors (Lipinski definition) is 2. The average Bonchev–Trinajstić information content (AvgIpc) is 2.69. The molecule has 3 N–H and O–H groups in total. The summed E-state index contributed by atoms with van der Waals surface area (Å²) in [6.45, 7) is 3.73. The predicted molar refractivity (Wildman–Crippen MR) is 106 cm³/mol. The van der Waals surface area contributed by atoms with E-state index < -0.39 is 24.0 Å². The van der Waals surface area contributed by atoms with Crippen LogP contribution in [0.15, 0.2) is 54.7 Å². The molecule has 2 rings (SSSR count). The van der Waals surface area contributed by atoms with Gasteiger partial charge >= 0.3 is 12.0 Å². The van der Waals surface area contributed by atoms with Gasteiger partial charge in [0, 0.05) is 12.3 Å². The molecule has 8 heteroatoms. The first-order valence-electron chi connectivity index (χ1n) is 8.97. The fourth-order valence-electron chi connectivity index (χ4n) is 2.33. The Morgan fingerprint density at radius 2 is 1.86 bits per heavy atom. The van der Waals surface area contributed by atoms with Gasteiger partial charge in [-0.3, -0.25) is 15.1 Å². The zero-order chi connectivity index (χ0) is 21.2. The molecule has 0 radical (unpaired) electrons. The molecule has 0 saturated carbocycles. The lowest BCUT2D eigenvalue weighted by Crippen LogP contribution is -2.45. The van der Waals surface area contributed by atoms with Crippen LogP contribution >= 0.6 is 0 Å². The molecular weight excluding hydrogens is 374 g/mol. The van der Waals surface area contributed by atoms with Gasteiger partial charge in [0.15, 0.2) is 6.10 Å². The van der Waals surface area contributed by atoms with Crippen LogP contribution < -0.4 is 15.8 Å². The summed E-state index contributed by atoms with van der Waals surface area (Å²) >= 11 is 0. The first-order valence-corrected chi connectivity index (χ1v) is 8.97. The van der Waals surface area contributed by atoms with Crippen LogP contribution in [0.2, 0.25) is 0 Å². The van der Waals surface area contributed by atoms with Gasteiger partial charge in [0.2, 0.25) is 0 Å². The summed E-state index contributed by atoms with van der Waals surface area (Å²) in [4.78, 5) is 38.9. The molecule has 0 saturated heterocycles. The van der Waals surface area contributed by atoms with Crippen molar-refractivity contribution in [1.29, 1.82) is 0 Å². The van der Waals surface area contributed by atoms with E-state index in [1.165, 1.54) is 6.08 Å². The summed E-state index contributed by atoms with van der Waals surface area (Å²) in [6, 6.07) is 11.7. The Morgan fingerprint density at radius 1 is 1.14 bits per heavy atom. The number of rotatable bonds is 8. The highest BCUT2D eigenvalue weighted by Gasteiger charge is 2.26. The van der Waals surface area contributed by atoms with Gasteiger partial charge in [-0.2, -0.15) is 0 Å². The maximum absolute atomic E-state index is 12.0. The van der Waals surface area contributed by atoms with Gasteiger partial charge in [-0.15, -0.1) is 0 Å². The van der Waals surface area contributed by atoms with Crippen molar-refractivity contribution in [2.75, 3.05) is 0 Å². The van der Waals surface area contributed by atoms with Crippen molar-refractivity contribution >= 4 is 24.0 Å². The molecule has 0 fully saturated rings. The van der Waals surface area contributed by atoms with Crippen LogP contribution in [0, 0.1) is 5.92 Å². The lowest BCUT2D eigenvalue weighted by Gasteiger charge is -2.18. The molecule has 1 aromatic heterocycles. The molecule has 1 aromatic carbocycles. The first kappa shape index (κ1) is 21.6. The molecule has 0 bridgehead atoms. The van der Waals surface area contributed by atoms with Gasteiger partial charge in [0.25, 0.3) is 5.91 Å². The molecule has 1 atom stereocenters. The third-order valence-electron chi connectivity index (χ3n) is 3.76. The normalized spacial score (nSPS) is 11.8. The van der Waals surface area contributed by atoms with Gasteiger partial charge < -0.3 is 15.2 Å². The third kappa shape index (κ3) is 7.45. The standard InChI is InChI=1S/C21H23N3O5/c1-14(2)19(20(26)24-21(22)27)29-18(25)11-8-15-6-9-17(10-7-15)28-13-16-5-3-4-12-23-16/h3-12,14,19H,13H2,1-2H3,(H3,22,24,26,27)/b11-8+. The number of carbonyl (C=O) groups is 3. The van der Waals surface area contributed by atoms with Crippen LogP contribution in [-0.4, -0.2) is 29.0 Å².